The van der Waals surface area contributed by atoms with E-state index in [9.17, 15) is 0 Å². The SMILES string of the molecule is C#CCC(CC)Nc1nc(N)nc2nc[nH]c12. The number of hydrogen-bond donors (Lipinski definition) is 3. The average molecular weight is 230 g/mol. The molecule has 0 saturated heterocycles. The molecular formula is C11H14N6. The Morgan fingerprint density at radius 2 is 2.41 bits per heavy atom. The molecule has 1 atom stereocenters. The molecule has 1 unspecified atom stereocenters. The van der Waals surface area contributed by atoms with E-state index in [0.717, 1.165) is 11.9 Å². The second-order valence-electron chi connectivity index (χ2n) is 3.69. The molecule has 0 bridgehead atoms. The summed E-state index contributed by atoms with van der Waals surface area (Å²) in [7, 11) is 0. The summed E-state index contributed by atoms with van der Waals surface area (Å²) in [6, 6.07) is 0.167. The van der Waals surface area contributed by atoms with Crippen LogP contribution in [0.4, 0.5) is 11.8 Å². The first-order valence-corrected chi connectivity index (χ1v) is 5.41. The highest BCUT2D eigenvalue weighted by Gasteiger charge is 2.11. The molecule has 88 valence electrons. The number of nitrogens with one attached hydrogen (secondary N) is 2. The molecule has 6 heteroatoms. The van der Waals surface area contributed by atoms with Gasteiger partial charge in [-0.25, -0.2) is 4.98 Å². The minimum Gasteiger partial charge on any atom is -0.368 e. The van der Waals surface area contributed by atoms with Crippen LogP contribution in [0.5, 0.6) is 0 Å². The number of H-pyrrole nitrogens is 1. The third-order valence-corrected chi connectivity index (χ3v) is 2.50. The van der Waals surface area contributed by atoms with Crippen molar-refractivity contribution in [2.24, 2.45) is 0 Å². The lowest BCUT2D eigenvalue weighted by atomic mass is 10.1. The van der Waals surface area contributed by atoms with Crippen molar-refractivity contribution in [2.45, 2.75) is 25.8 Å². The van der Waals surface area contributed by atoms with Crippen LogP contribution in [0.2, 0.25) is 0 Å². The monoisotopic (exact) mass is 230 g/mol. The van der Waals surface area contributed by atoms with Crippen molar-refractivity contribution in [3.8, 4) is 12.3 Å². The van der Waals surface area contributed by atoms with E-state index < -0.39 is 0 Å². The highest BCUT2D eigenvalue weighted by Crippen LogP contribution is 2.19. The van der Waals surface area contributed by atoms with Gasteiger partial charge < -0.3 is 16.0 Å². The van der Waals surface area contributed by atoms with Crippen LogP contribution in [0, 0.1) is 12.3 Å². The molecule has 0 aliphatic carbocycles. The van der Waals surface area contributed by atoms with Crippen molar-refractivity contribution in [1.82, 2.24) is 19.9 Å². The second-order valence-corrected chi connectivity index (χ2v) is 3.69. The van der Waals surface area contributed by atoms with Crippen molar-refractivity contribution in [2.75, 3.05) is 11.1 Å². The molecule has 6 nitrogen and oxygen atoms in total. The minimum atomic E-state index is 0.167. The summed E-state index contributed by atoms with van der Waals surface area (Å²) in [5.41, 5.74) is 6.92. The van der Waals surface area contributed by atoms with E-state index in [1.165, 1.54) is 0 Å². The van der Waals surface area contributed by atoms with Gasteiger partial charge in [-0.05, 0) is 6.42 Å². The van der Waals surface area contributed by atoms with Crippen LogP contribution in [0.15, 0.2) is 6.33 Å². The Bertz CT molecular complexity index is 553. The van der Waals surface area contributed by atoms with E-state index in [-0.39, 0.29) is 12.0 Å². The number of terminal acetylenes is 1. The van der Waals surface area contributed by atoms with Gasteiger partial charge in [0.2, 0.25) is 5.95 Å². The molecule has 2 aromatic rings. The third-order valence-electron chi connectivity index (χ3n) is 2.50. The van der Waals surface area contributed by atoms with E-state index in [1.807, 2.05) is 0 Å². The minimum absolute atomic E-state index is 0.167. The average Bonchev–Trinajstić information content (AvgIpc) is 2.76. The quantitative estimate of drug-likeness (QED) is 0.685. The first-order valence-electron chi connectivity index (χ1n) is 5.41. The molecule has 0 aliphatic heterocycles. The van der Waals surface area contributed by atoms with Crippen LogP contribution in [-0.4, -0.2) is 26.0 Å². The Morgan fingerprint density at radius 1 is 1.59 bits per heavy atom. The van der Waals surface area contributed by atoms with E-state index in [0.29, 0.717) is 17.9 Å². The first kappa shape index (κ1) is 11.2. The van der Waals surface area contributed by atoms with Crippen LogP contribution in [0.1, 0.15) is 19.8 Å². The third kappa shape index (κ3) is 2.28. The Labute approximate surface area is 99.1 Å². The maximum Gasteiger partial charge on any atom is 0.224 e. The molecule has 0 saturated carbocycles. The Kier molecular flexibility index (Phi) is 3.10. The van der Waals surface area contributed by atoms with E-state index in [1.54, 1.807) is 6.33 Å². The van der Waals surface area contributed by atoms with Crippen molar-refractivity contribution in [3.05, 3.63) is 6.33 Å². The van der Waals surface area contributed by atoms with E-state index in [4.69, 9.17) is 12.2 Å². The fourth-order valence-electron chi connectivity index (χ4n) is 1.59. The maximum atomic E-state index is 5.62. The van der Waals surface area contributed by atoms with Crippen LogP contribution in [0.25, 0.3) is 11.2 Å². The number of anilines is 2. The van der Waals surface area contributed by atoms with Crippen molar-refractivity contribution >= 4 is 22.9 Å². The van der Waals surface area contributed by atoms with Gasteiger partial charge in [-0.1, -0.05) is 6.92 Å². The highest BCUT2D eigenvalue weighted by molar-refractivity contribution is 5.83. The summed E-state index contributed by atoms with van der Waals surface area (Å²) in [6.45, 7) is 2.06. The van der Waals surface area contributed by atoms with Gasteiger partial charge in [0.25, 0.3) is 0 Å². The van der Waals surface area contributed by atoms with Gasteiger partial charge in [-0.15, -0.1) is 12.3 Å². The van der Waals surface area contributed by atoms with Crippen molar-refractivity contribution in [1.29, 1.82) is 0 Å². The van der Waals surface area contributed by atoms with Gasteiger partial charge in [-0.3, -0.25) is 0 Å². The summed E-state index contributed by atoms with van der Waals surface area (Å²) < 4.78 is 0. The number of nitrogens with zero attached hydrogens (tertiary/aromatic N) is 3. The number of nitrogens with two attached hydrogens (primary N) is 1. The number of nitrogen functional groups attached to an aromatic ring is 1. The zero-order chi connectivity index (χ0) is 12.3. The number of fused-ring (bicyclic) bond motifs is 1. The topological polar surface area (TPSA) is 92.5 Å². The standard InChI is InChI=1S/C11H14N6/c1-3-5-7(4-2)15-10-8-9(14-6-13-8)16-11(12)17-10/h1,6-7H,4-5H2,2H3,(H4,12,13,14,15,16,17). The van der Waals surface area contributed by atoms with Gasteiger partial charge in [-0.2, -0.15) is 9.97 Å². The summed E-state index contributed by atoms with van der Waals surface area (Å²) in [6.07, 6.45) is 8.42. The van der Waals surface area contributed by atoms with Gasteiger partial charge >= 0.3 is 0 Å². The number of rotatable bonds is 4. The maximum absolute atomic E-state index is 5.62. The van der Waals surface area contributed by atoms with Crippen molar-refractivity contribution in [3.63, 3.8) is 0 Å². The highest BCUT2D eigenvalue weighted by atomic mass is 15.1. The molecule has 0 aliphatic rings. The number of aromatic nitrogens is 4. The largest absolute Gasteiger partial charge is 0.368 e. The first-order chi connectivity index (χ1) is 8.24. The zero-order valence-corrected chi connectivity index (χ0v) is 9.57. The van der Waals surface area contributed by atoms with Crippen LogP contribution in [-0.2, 0) is 0 Å². The molecule has 2 rings (SSSR count). The molecule has 0 fully saturated rings. The molecular weight excluding hydrogens is 216 g/mol. The molecule has 0 amide bonds. The van der Waals surface area contributed by atoms with Crippen molar-refractivity contribution < 1.29 is 0 Å². The fraction of sp³-hybridized carbons (Fsp3) is 0.364. The van der Waals surface area contributed by atoms with Crippen LogP contribution in [0.3, 0.4) is 0 Å². The molecule has 4 N–H and O–H groups in total. The van der Waals surface area contributed by atoms with Gasteiger partial charge in [0, 0.05) is 12.5 Å². The van der Waals surface area contributed by atoms with Gasteiger partial charge in [0.1, 0.15) is 5.52 Å². The summed E-state index contributed by atoms with van der Waals surface area (Å²) in [5.74, 6) is 3.47. The number of imidazole rings is 1. The van der Waals surface area contributed by atoms with E-state index in [2.05, 4.69) is 38.1 Å². The predicted octanol–water partition coefficient (Wildman–Crippen LogP) is 1.15. The summed E-state index contributed by atoms with van der Waals surface area (Å²) in [4.78, 5) is 15.2. The lowest BCUT2D eigenvalue weighted by Crippen LogP contribution is -2.19. The molecule has 2 heterocycles. The molecule has 17 heavy (non-hydrogen) atoms. The van der Waals surface area contributed by atoms with Crippen LogP contribution < -0.4 is 11.1 Å². The zero-order valence-electron chi connectivity index (χ0n) is 9.57. The number of aromatic amines is 1. The molecule has 0 radical (unpaired) electrons. The Morgan fingerprint density at radius 3 is 3.12 bits per heavy atom. The second kappa shape index (κ2) is 4.70. The van der Waals surface area contributed by atoms with Crippen LogP contribution >= 0.6 is 0 Å². The Balaban J connectivity index is 2.34. The summed E-state index contributed by atoms with van der Waals surface area (Å²) >= 11 is 0. The van der Waals surface area contributed by atoms with Gasteiger partial charge in [0.15, 0.2) is 11.5 Å². The predicted molar refractivity (Wildman–Crippen MR) is 67.2 cm³/mol. The smallest absolute Gasteiger partial charge is 0.224 e. The molecule has 0 aromatic carbocycles. The lowest BCUT2D eigenvalue weighted by Gasteiger charge is -2.15. The number of hydrogen-bond acceptors (Lipinski definition) is 5. The molecule has 0 spiro atoms. The van der Waals surface area contributed by atoms with Gasteiger partial charge in [0.05, 0.1) is 6.33 Å². The lowest BCUT2D eigenvalue weighted by molar-refractivity contribution is 0.712. The molecule has 2 aromatic heterocycles. The Hall–Kier alpha value is -2.29. The van der Waals surface area contributed by atoms with E-state index >= 15 is 0 Å². The summed E-state index contributed by atoms with van der Waals surface area (Å²) in [5, 5.41) is 3.25. The fourth-order valence-corrected chi connectivity index (χ4v) is 1.59. The normalized spacial score (nSPS) is 12.2.